The molecule has 0 unspecified atom stereocenters. The average molecular weight is 1930 g/mol. The molecule has 20 fully saturated rings. The molecule has 5 saturated carbocycles. The molecule has 4 N–H and O–H groups in total. The van der Waals surface area contributed by atoms with Crippen molar-refractivity contribution in [2.75, 3.05) is 250 Å². The lowest BCUT2D eigenvalue weighted by molar-refractivity contribution is -0.192. The number of likely N-dealkylation sites (tertiary alicyclic amines) is 9. The Balaban J connectivity index is 0.000000144. The van der Waals surface area contributed by atoms with Crippen LogP contribution in [0.15, 0.2) is 0 Å². The Kier molecular flexibility index (Phi) is 38.6. The third kappa shape index (κ3) is 28.2. The van der Waals surface area contributed by atoms with Gasteiger partial charge in [-0.05, 0) is 190 Å². The fraction of sp³-hybridized carbons (Fsp3) is 0.908. The van der Waals surface area contributed by atoms with Crippen LogP contribution in [0.25, 0.3) is 0 Å². The van der Waals surface area contributed by atoms with Crippen molar-refractivity contribution in [1.82, 2.24) is 59.6 Å². The van der Waals surface area contributed by atoms with Crippen LogP contribution in [0.3, 0.4) is 0 Å². The van der Waals surface area contributed by atoms with Gasteiger partial charge in [-0.15, -0.1) is 12.4 Å². The van der Waals surface area contributed by atoms with Crippen molar-refractivity contribution in [2.24, 2.45) is 49.1 Å². The molecule has 0 atom stereocenters. The molecule has 134 heavy (non-hydrogen) atoms. The first-order valence-corrected chi connectivity index (χ1v) is 51.5. The largest absolute Gasteiger partial charge is 0.450 e. The van der Waals surface area contributed by atoms with Crippen LogP contribution >= 0.6 is 24.0 Å². The smallest absolute Gasteiger partial charge is 0.409 e. The molecule has 0 aromatic rings. The molecule has 5 aliphatic carbocycles. The van der Waals surface area contributed by atoms with E-state index >= 15 is 0 Å². The van der Waals surface area contributed by atoms with E-state index < -0.39 is 0 Å². The van der Waals surface area contributed by atoms with Crippen molar-refractivity contribution < 1.29 is 100.0 Å². The topological polar surface area (TPSA) is 347 Å². The molecule has 20 aliphatic rings. The second-order valence-electron chi connectivity index (χ2n) is 43.8. The van der Waals surface area contributed by atoms with Crippen LogP contribution in [-0.4, -0.2) is 400 Å². The number of Topliss-reactive ketones (excluding diaryl/α,β-unsaturated/α-hetero) is 2. The fourth-order valence-electron chi connectivity index (χ4n) is 24.5. The Morgan fingerprint density at radius 2 is 0.724 bits per heavy atom. The number of nitrogens with zero attached hydrogens (tertiary/aromatic N) is 10. The summed E-state index contributed by atoms with van der Waals surface area (Å²) in [5.74, 6) is 0.474. The van der Waals surface area contributed by atoms with Crippen LogP contribution in [0.5, 0.6) is 0 Å². The number of nitrogens with two attached hydrogens (primary N) is 1. The SMILES string of the molecule is C1CC2(CCN1)OCCO2.CC(=O)Cl.CC1(CN)COC1.CCOC(=O)N1CCC2(CC(=O)C2)C1.CCOC(=O)N1CCC2(CC(N3CCC(=O)CC3)C2)C1.CCOC(=O)N1CCC2(CC(N3CCC(N(CC4(C)COC4)C(C)=O)CC3)C2)C1.CCOC(=O)N1CCC2(CC(N3CCC(NCC4(C)COC4)CC3)C2)C1.CCOC(=O)N1CCC2(CC(N3CCC4(CC3)OCCO4)C2)C1.Cl. The van der Waals surface area contributed by atoms with Gasteiger partial charge in [-0.3, -0.25) is 29.0 Å². The summed E-state index contributed by atoms with van der Waals surface area (Å²) in [7, 11) is 0. The zero-order valence-corrected chi connectivity index (χ0v) is 84.5. The van der Waals surface area contributed by atoms with Gasteiger partial charge in [0.05, 0.1) is 99.1 Å². The molecular weight excluding hydrogens is 1770 g/mol. The number of amides is 6. The van der Waals surface area contributed by atoms with Crippen LogP contribution in [0, 0.1) is 43.3 Å². The van der Waals surface area contributed by atoms with Crippen LogP contribution in [-0.2, 0) is 76.0 Å². The van der Waals surface area contributed by atoms with Crippen molar-refractivity contribution in [1.29, 1.82) is 0 Å². The predicted octanol–water partition coefficient (Wildman–Crippen LogP) is 10.4. The Morgan fingerprint density at radius 1 is 0.418 bits per heavy atom. The normalized spacial score (nSPS) is 31.4. The molecule has 34 nitrogen and oxygen atoms in total. The molecule has 15 saturated heterocycles. The van der Waals surface area contributed by atoms with E-state index in [1.807, 2.05) is 47.3 Å². The van der Waals surface area contributed by atoms with Gasteiger partial charge in [0.2, 0.25) is 11.1 Å². The summed E-state index contributed by atoms with van der Waals surface area (Å²) in [5.41, 5.74) is 7.71. The summed E-state index contributed by atoms with van der Waals surface area (Å²) >= 11 is 4.64. The molecule has 0 bridgehead atoms. The van der Waals surface area contributed by atoms with Gasteiger partial charge in [-0.1, -0.05) is 20.8 Å². The molecule has 6 amide bonds. The van der Waals surface area contributed by atoms with E-state index in [1.54, 1.807) is 18.7 Å². The van der Waals surface area contributed by atoms with E-state index in [1.165, 1.54) is 84.2 Å². The summed E-state index contributed by atoms with van der Waals surface area (Å²) in [6, 6.07) is 3.71. The first kappa shape index (κ1) is 108. The molecule has 15 heterocycles. The molecule has 7 spiro atoms. The minimum Gasteiger partial charge on any atom is -0.450 e. The number of halogens is 2. The molecule has 0 radical (unpaired) electrons. The van der Waals surface area contributed by atoms with E-state index in [0.29, 0.717) is 127 Å². The fourth-order valence-corrected chi connectivity index (χ4v) is 24.5. The monoisotopic (exact) mass is 1930 g/mol. The maximum absolute atomic E-state index is 12.3. The third-order valence-corrected chi connectivity index (χ3v) is 32.7. The number of ether oxygens (including phenoxy) is 12. The van der Waals surface area contributed by atoms with Gasteiger partial charge in [-0.25, -0.2) is 24.0 Å². The molecule has 15 aliphatic heterocycles. The van der Waals surface area contributed by atoms with Gasteiger partial charge >= 0.3 is 30.5 Å². The van der Waals surface area contributed by atoms with Gasteiger partial charge < -0.3 is 112 Å². The maximum Gasteiger partial charge on any atom is 0.409 e. The Morgan fingerprint density at radius 3 is 1.02 bits per heavy atom. The first-order valence-electron chi connectivity index (χ1n) is 51.1. The highest BCUT2D eigenvalue weighted by atomic mass is 35.5. The number of carbonyl (C=O) groups is 9. The van der Waals surface area contributed by atoms with E-state index in [2.05, 4.69) is 67.5 Å². The van der Waals surface area contributed by atoms with Gasteiger partial charge in [0, 0.05) is 261 Å². The average Bonchev–Trinajstić information content (AvgIpc) is 1.54. The van der Waals surface area contributed by atoms with Crippen LogP contribution in [0.2, 0.25) is 0 Å². The molecule has 0 aromatic heterocycles. The minimum atomic E-state index is -0.361. The summed E-state index contributed by atoms with van der Waals surface area (Å²) in [5, 5.41) is 6.69. The highest BCUT2D eigenvalue weighted by Gasteiger charge is 2.58. The lowest BCUT2D eigenvalue weighted by Crippen LogP contribution is -2.58. The zero-order valence-electron chi connectivity index (χ0n) is 82.9. The van der Waals surface area contributed by atoms with E-state index in [0.717, 1.165) is 286 Å². The van der Waals surface area contributed by atoms with Crippen molar-refractivity contribution in [3.8, 4) is 0 Å². The Bertz CT molecular complexity index is 3770. The van der Waals surface area contributed by atoms with Crippen LogP contribution in [0.1, 0.15) is 230 Å². The molecule has 764 valence electrons. The standard InChI is InChI=1S/C22H37N3O4.C20H35N3O3.C17H28N2O4.C15H24N2O3.C10H15NO3.C7H13NO2.C5H11NO.C2H3ClO.ClH/c1-4-29-20(27)24-10-7-22(14-24)11-19(12-22)23-8-5-18(6-9-23)25(17(2)26)13-21(3)15-28-16-21;1-3-26-18(24)23-9-6-20(13-23)10-17(11-20)22-7-4-16(5-8-22)21-12-19(2)14-25-15-19;1-2-21-15(20)19-6-3-16(13-19)11-14(12-16)18-7-4-17(5-8-18)22-9-10-23-17;1-2-20-14(19)17-8-5-15(11-17)9-12(10-15)16-6-3-13(18)4-7-16;1-2-14-9(13)11-4-3-10(7-11)5-8(12)6-10;1-3-8-4-2-7(1)9-5-6-10-7;1-5(2-6)3-7-4-5;1-2(3)4;/h18-19H,4-16H2,1-3H3;16-17,21H,3-15H2,1-2H3;14H,2-13H2,1H3;12H,2-11H2,1H3;2-7H2,1H3;8H,1-6H2;2-4,6H2,1H3;1H3;1H. The number of ketones is 2. The summed E-state index contributed by atoms with van der Waals surface area (Å²) in [6.45, 7) is 50.9. The Labute approximate surface area is 808 Å². The third-order valence-electron chi connectivity index (χ3n) is 32.7. The number of nitrogens with one attached hydrogen (secondary N) is 2. The second kappa shape index (κ2) is 48.1. The van der Waals surface area contributed by atoms with Crippen molar-refractivity contribution in [3.05, 3.63) is 0 Å². The minimum absolute atomic E-state index is 0. The number of hydrogen-bond donors (Lipinski definition) is 3. The van der Waals surface area contributed by atoms with Gasteiger partial charge in [0.1, 0.15) is 11.6 Å². The molecule has 20 rings (SSSR count). The second-order valence-corrected chi connectivity index (χ2v) is 44.3. The van der Waals surface area contributed by atoms with E-state index in [9.17, 15) is 43.2 Å². The lowest BCUT2D eigenvalue weighted by Gasteiger charge is -2.52. The Hall–Kier alpha value is -5.15. The highest BCUT2D eigenvalue weighted by molar-refractivity contribution is 6.62. The van der Waals surface area contributed by atoms with Gasteiger partial charge in [-0.2, -0.15) is 0 Å². The molecular formula is C98H167Cl2N13O21. The summed E-state index contributed by atoms with van der Waals surface area (Å²) < 4.78 is 63.8. The molecule has 0 aromatic carbocycles. The number of piperidine rings is 5. The number of hydrogen-bond acceptors (Lipinski definition) is 28. The first-order chi connectivity index (χ1) is 63.7. The van der Waals surface area contributed by atoms with Gasteiger partial charge in [0.25, 0.3) is 0 Å². The molecule has 36 heteroatoms. The maximum atomic E-state index is 12.3. The van der Waals surface area contributed by atoms with Gasteiger partial charge in [0.15, 0.2) is 11.6 Å². The summed E-state index contributed by atoms with van der Waals surface area (Å²) in [4.78, 5) is 124. The van der Waals surface area contributed by atoms with Crippen molar-refractivity contribution >= 4 is 77.2 Å². The van der Waals surface area contributed by atoms with Crippen molar-refractivity contribution in [3.63, 3.8) is 0 Å². The highest BCUT2D eigenvalue weighted by Crippen LogP contribution is 2.55. The van der Waals surface area contributed by atoms with E-state index in [-0.39, 0.29) is 76.4 Å². The van der Waals surface area contributed by atoms with Crippen LogP contribution in [0.4, 0.5) is 24.0 Å². The zero-order chi connectivity index (χ0) is 94.9. The number of rotatable bonds is 16. The van der Waals surface area contributed by atoms with Crippen molar-refractivity contribution in [2.45, 2.75) is 278 Å². The predicted molar refractivity (Wildman–Crippen MR) is 507 cm³/mol. The number of carbonyl (C=O) groups excluding carboxylic acids is 9. The van der Waals surface area contributed by atoms with Crippen LogP contribution < -0.4 is 16.4 Å². The lowest BCUT2D eigenvalue weighted by atomic mass is 9.64. The summed E-state index contributed by atoms with van der Waals surface area (Å²) in [6.07, 6.45) is 25.8. The van der Waals surface area contributed by atoms with E-state index in [4.69, 9.17) is 62.6 Å². The quantitative estimate of drug-likeness (QED) is 0.0954.